The van der Waals surface area contributed by atoms with Gasteiger partial charge in [-0.3, -0.25) is 9.79 Å². The number of hydrogen-bond acceptors (Lipinski definition) is 2. The summed E-state index contributed by atoms with van der Waals surface area (Å²) in [5, 5.41) is 0. The fourth-order valence-electron chi connectivity index (χ4n) is 1.20. The molecule has 0 aromatic carbocycles. The first kappa shape index (κ1) is 8.24. The van der Waals surface area contributed by atoms with Crippen LogP contribution in [0.15, 0.2) is 4.99 Å². The summed E-state index contributed by atoms with van der Waals surface area (Å²) < 4.78 is 0. The van der Waals surface area contributed by atoms with E-state index >= 15 is 0 Å². The molecule has 0 unspecified atom stereocenters. The van der Waals surface area contributed by atoms with Gasteiger partial charge in [0.15, 0.2) is 0 Å². The van der Waals surface area contributed by atoms with E-state index in [-0.39, 0.29) is 5.91 Å². The second kappa shape index (κ2) is 3.03. The summed E-state index contributed by atoms with van der Waals surface area (Å²) in [7, 11) is 0. The molecule has 0 aliphatic carbocycles. The van der Waals surface area contributed by atoms with Gasteiger partial charge in [0.05, 0.1) is 12.3 Å². The van der Waals surface area contributed by atoms with Crippen LogP contribution in [0, 0.1) is 0 Å². The second-order valence-electron chi connectivity index (χ2n) is 3.06. The minimum absolute atomic E-state index is 0.0891. The van der Waals surface area contributed by atoms with E-state index in [1.165, 1.54) is 0 Å². The smallest absolute Gasteiger partial charge is 0.267 e. The maximum Gasteiger partial charge on any atom is 0.267 e. The number of nitrogens with zero attached hydrogens (tertiary/aromatic N) is 2. The van der Waals surface area contributed by atoms with Crippen LogP contribution in [-0.4, -0.2) is 35.7 Å². The van der Waals surface area contributed by atoms with Gasteiger partial charge in [-0.1, -0.05) is 0 Å². The van der Waals surface area contributed by atoms with Crippen LogP contribution in [0.25, 0.3) is 0 Å². The second-order valence-corrected chi connectivity index (χ2v) is 3.06. The average molecular weight is 154 g/mol. The van der Waals surface area contributed by atoms with Crippen LogP contribution in [0.5, 0.6) is 0 Å². The van der Waals surface area contributed by atoms with Gasteiger partial charge in [-0.25, -0.2) is 0 Å². The number of amides is 1. The lowest BCUT2D eigenvalue weighted by Gasteiger charge is -2.28. The third-order valence-electron chi connectivity index (χ3n) is 1.88. The van der Waals surface area contributed by atoms with Crippen LogP contribution < -0.4 is 0 Å². The van der Waals surface area contributed by atoms with Gasteiger partial charge < -0.3 is 4.90 Å². The molecular weight excluding hydrogens is 140 g/mol. The lowest BCUT2D eigenvalue weighted by atomic mass is 10.2. The molecule has 0 fully saturated rings. The van der Waals surface area contributed by atoms with E-state index in [1.54, 1.807) is 6.92 Å². The Labute approximate surface area is 67.1 Å². The zero-order chi connectivity index (χ0) is 8.43. The van der Waals surface area contributed by atoms with E-state index in [0.29, 0.717) is 11.8 Å². The topological polar surface area (TPSA) is 32.7 Å². The molecule has 0 spiro atoms. The Morgan fingerprint density at radius 2 is 2.18 bits per heavy atom. The molecule has 0 radical (unpaired) electrons. The summed E-state index contributed by atoms with van der Waals surface area (Å²) in [6.45, 7) is 7.35. The Kier molecular flexibility index (Phi) is 2.27. The number of hydrogen-bond donors (Lipinski definition) is 0. The maximum atomic E-state index is 11.4. The molecule has 11 heavy (non-hydrogen) atoms. The average Bonchev–Trinajstić information content (AvgIpc) is 1.94. The van der Waals surface area contributed by atoms with E-state index in [2.05, 4.69) is 4.99 Å². The molecule has 1 amide bonds. The Bertz CT molecular complexity index is 196. The zero-order valence-corrected chi connectivity index (χ0v) is 7.29. The van der Waals surface area contributed by atoms with Crippen molar-refractivity contribution in [2.24, 2.45) is 4.99 Å². The molecule has 1 aliphatic rings. The first-order chi connectivity index (χ1) is 5.13. The van der Waals surface area contributed by atoms with Gasteiger partial charge >= 0.3 is 0 Å². The molecule has 3 nitrogen and oxygen atoms in total. The molecule has 62 valence electrons. The molecule has 0 atom stereocenters. The summed E-state index contributed by atoms with van der Waals surface area (Å²) in [4.78, 5) is 17.3. The first-order valence-corrected chi connectivity index (χ1v) is 3.95. The summed E-state index contributed by atoms with van der Waals surface area (Å²) in [5.41, 5.74) is 0.643. The predicted octanol–water partition coefficient (Wildman–Crippen LogP) is 0.698. The van der Waals surface area contributed by atoms with Gasteiger partial charge in [-0.15, -0.1) is 0 Å². The van der Waals surface area contributed by atoms with Gasteiger partial charge in [0.2, 0.25) is 0 Å². The zero-order valence-electron chi connectivity index (χ0n) is 7.29. The van der Waals surface area contributed by atoms with Crippen LogP contribution in [-0.2, 0) is 4.79 Å². The Morgan fingerprint density at radius 3 is 2.64 bits per heavy atom. The quantitative estimate of drug-likeness (QED) is 0.547. The molecule has 0 saturated heterocycles. The summed E-state index contributed by atoms with van der Waals surface area (Å²) in [6, 6.07) is 0.299. The van der Waals surface area contributed by atoms with Crippen molar-refractivity contribution in [2.75, 3.05) is 13.1 Å². The predicted molar refractivity (Wildman–Crippen MR) is 44.8 cm³/mol. The van der Waals surface area contributed by atoms with Crippen LogP contribution in [0.1, 0.15) is 20.8 Å². The van der Waals surface area contributed by atoms with Gasteiger partial charge in [0.1, 0.15) is 0 Å². The highest BCUT2D eigenvalue weighted by Crippen LogP contribution is 2.04. The highest BCUT2D eigenvalue weighted by Gasteiger charge is 2.21. The fourth-order valence-corrected chi connectivity index (χ4v) is 1.20. The van der Waals surface area contributed by atoms with Crippen LogP contribution >= 0.6 is 0 Å². The number of aliphatic imine (C=N–C) groups is 1. The molecule has 0 aromatic rings. The maximum absolute atomic E-state index is 11.4. The van der Waals surface area contributed by atoms with E-state index in [0.717, 1.165) is 13.1 Å². The Balaban J connectivity index is 2.73. The van der Waals surface area contributed by atoms with Crippen molar-refractivity contribution >= 4 is 11.6 Å². The first-order valence-electron chi connectivity index (χ1n) is 3.95. The molecule has 0 saturated carbocycles. The van der Waals surface area contributed by atoms with E-state index < -0.39 is 0 Å². The van der Waals surface area contributed by atoms with Crippen molar-refractivity contribution < 1.29 is 4.79 Å². The van der Waals surface area contributed by atoms with Crippen molar-refractivity contribution in [3.63, 3.8) is 0 Å². The molecule has 3 heteroatoms. The molecule has 1 rings (SSSR count). The lowest BCUT2D eigenvalue weighted by molar-refractivity contribution is -0.126. The van der Waals surface area contributed by atoms with Crippen molar-refractivity contribution in [3.05, 3.63) is 0 Å². The Morgan fingerprint density at radius 1 is 1.55 bits per heavy atom. The molecule has 0 bridgehead atoms. The van der Waals surface area contributed by atoms with Crippen LogP contribution in [0.4, 0.5) is 0 Å². The van der Waals surface area contributed by atoms with Gasteiger partial charge in [0.25, 0.3) is 5.91 Å². The van der Waals surface area contributed by atoms with Gasteiger partial charge in [-0.2, -0.15) is 0 Å². The van der Waals surface area contributed by atoms with Crippen molar-refractivity contribution in [3.8, 4) is 0 Å². The third kappa shape index (κ3) is 1.59. The largest absolute Gasteiger partial charge is 0.333 e. The molecule has 1 heterocycles. The fraction of sp³-hybridized carbons (Fsp3) is 0.750. The molecule has 0 N–H and O–H groups in total. The summed E-state index contributed by atoms with van der Waals surface area (Å²) in [5.74, 6) is 0.0891. The molecular formula is C8H14N2O. The SMILES string of the molecule is CC1=NCCN(C(C)C)C1=O. The monoisotopic (exact) mass is 154 g/mol. The Hall–Kier alpha value is -0.860. The van der Waals surface area contributed by atoms with Crippen molar-refractivity contribution in [1.29, 1.82) is 0 Å². The number of carbonyl (C=O) groups is 1. The summed E-state index contributed by atoms with van der Waals surface area (Å²) in [6.07, 6.45) is 0. The third-order valence-corrected chi connectivity index (χ3v) is 1.88. The lowest BCUT2D eigenvalue weighted by Crippen LogP contribution is -2.44. The number of rotatable bonds is 1. The van der Waals surface area contributed by atoms with Gasteiger partial charge in [-0.05, 0) is 20.8 Å². The minimum atomic E-state index is 0.0891. The minimum Gasteiger partial charge on any atom is -0.333 e. The van der Waals surface area contributed by atoms with E-state index in [1.807, 2.05) is 18.7 Å². The highest BCUT2D eigenvalue weighted by atomic mass is 16.2. The van der Waals surface area contributed by atoms with E-state index in [4.69, 9.17) is 0 Å². The molecule has 0 aromatic heterocycles. The van der Waals surface area contributed by atoms with Crippen LogP contribution in [0.2, 0.25) is 0 Å². The van der Waals surface area contributed by atoms with Crippen molar-refractivity contribution in [2.45, 2.75) is 26.8 Å². The standard InChI is InChI=1S/C8H14N2O/c1-6(2)10-5-4-9-7(3)8(10)11/h6H,4-5H2,1-3H3. The van der Waals surface area contributed by atoms with Crippen LogP contribution in [0.3, 0.4) is 0 Å². The normalized spacial score (nSPS) is 19.1. The van der Waals surface area contributed by atoms with Crippen molar-refractivity contribution in [1.82, 2.24) is 4.90 Å². The van der Waals surface area contributed by atoms with E-state index in [9.17, 15) is 4.79 Å². The highest BCUT2D eigenvalue weighted by molar-refractivity contribution is 6.38. The molecule has 1 aliphatic heterocycles. The number of carbonyl (C=O) groups excluding carboxylic acids is 1. The van der Waals surface area contributed by atoms with Gasteiger partial charge in [0, 0.05) is 12.6 Å². The summed E-state index contributed by atoms with van der Waals surface area (Å²) >= 11 is 0.